The number of ether oxygens (including phenoxy) is 1. The predicted octanol–water partition coefficient (Wildman–Crippen LogP) is 3.38. The number of hydrogen-bond acceptors (Lipinski definition) is 4. The van der Waals surface area contributed by atoms with Crippen LogP contribution < -0.4 is 15.0 Å². The van der Waals surface area contributed by atoms with Crippen LogP contribution in [0.1, 0.15) is 43.4 Å². The van der Waals surface area contributed by atoms with Gasteiger partial charge in [-0.15, -0.1) is 0 Å². The number of aliphatic hydroxyl groups excluding tert-OH is 1. The molecule has 2 aromatic rings. The summed E-state index contributed by atoms with van der Waals surface area (Å²) in [4.78, 5) is 27.9. The van der Waals surface area contributed by atoms with Gasteiger partial charge in [-0.05, 0) is 49.6 Å². The molecule has 6 heteroatoms. The molecule has 3 atom stereocenters. The molecule has 6 nitrogen and oxygen atoms in total. The number of rotatable bonds is 7. The smallest absolute Gasteiger partial charge is 0.227 e. The average Bonchev–Trinajstić information content (AvgIpc) is 2.78. The first-order chi connectivity index (χ1) is 14.5. The number of methoxy groups -OCH3 is 1. The third-order valence-electron chi connectivity index (χ3n) is 5.76. The molecule has 30 heavy (non-hydrogen) atoms. The van der Waals surface area contributed by atoms with Crippen LogP contribution in [-0.2, 0) is 9.59 Å². The second-order valence-corrected chi connectivity index (χ2v) is 7.76. The van der Waals surface area contributed by atoms with Gasteiger partial charge >= 0.3 is 0 Å². The van der Waals surface area contributed by atoms with E-state index < -0.39 is 12.0 Å². The predicted molar refractivity (Wildman–Crippen MR) is 116 cm³/mol. The molecule has 0 saturated carbocycles. The zero-order valence-electron chi connectivity index (χ0n) is 17.8. The summed E-state index contributed by atoms with van der Waals surface area (Å²) in [6.07, 6.45) is 1.41. The number of hydrogen-bond donors (Lipinski definition) is 2. The third-order valence-corrected chi connectivity index (χ3v) is 5.76. The van der Waals surface area contributed by atoms with Crippen molar-refractivity contribution in [3.63, 3.8) is 0 Å². The molecule has 1 aliphatic rings. The first kappa shape index (κ1) is 21.8. The number of anilines is 1. The van der Waals surface area contributed by atoms with Gasteiger partial charge in [0.2, 0.25) is 11.8 Å². The first-order valence-corrected chi connectivity index (χ1v) is 10.4. The van der Waals surface area contributed by atoms with Crippen LogP contribution in [0.4, 0.5) is 5.69 Å². The molecule has 1 heterocycles. The zero-order chi connectivity index (χ0) is 21.7. The van der Waals surface area contributed by atoms with Crippen LogP contribution in [0.5, 0.6) is 5.75 Å². The van der Waals surface area contributed by atoms with Gasteiger partial charge in [0, 0.05) is 12.1 Å². The van der Waals surface area contributed by atoms with Crippen molar-refractivity contribution >= 4 is 17.5 Å². The fourth-order valence-corrected chi connectivity index (χ4v) is 3.94. The molecule has 160 valence electrons. The highest BCUT2D eigenvalue weighted by Gasteiger charge is 2.41. The number of piperidine rings is 1. The van der Waals surface area contributed by atoms with Gasteiger partial charge in [-0.2, -0.15) is 0 Å². The molecule has 3 unspecified atom stereocenters. The van der Waals surface area contributed by atoms with Gasteiger partial charge in [0.25, 0.3) is 0 Å². The van der Waals surface area contributed by atoms with E-state index in [4.69, 9.17) is 4.74 Å². The number of benzene rings is 2. The maximum atomic E-state index is 13.2. The summed E-state index contributed by atoms with van der Waals surface area (Å²) in [7, 11) is 1.60. The largest absolute Gasteiger partial charge is 0.497 e. The van der Waals surface area contributed by atoms with E-state index in [1.54, 1.807) is 12.0 Å². The molecule has 1 saturated heterocycles. The van der Waals surface area contributed by atoms with Crippen LogP contribution in [-0.4, -0.2) is 36.7 Å². The van der Waals surface area contributed by atoms with E-state index >= 15 is 0 Å². The SMILES string of the molecule is CCC(CO)NC(=O)C1CCC(=O)N(c2ccc(C)cc2)C1c1ccc(OC)cc1. The number of aliphatic hydroxyl groups is 1. The van der Waals surface area contributed by atoms with Crippen LogP contribution in [0.15, 0.2) is 48.5 Å². The summed E-state index contributed by atoms with van der Waals surface area (Å²) < 4.78 is 5.27. The van der Waals surface area contributed by atoms with Crippen LogP contribution >= 0.6 is 0 Å². The van der Waals surface area contributed by atoms with Gasteiger partial charge in [-0.1, -0.05) is 36.8 Å². The van der Waals surface area contributed by atoms with Crippen molar-refractivity contribution in [2.24, 2.45) is 5.92 Å². The third kappa shape index (κ3) is 4.65. The van der Waals surface area contributed by atoms with Crippen molar-refractivity contribution in [2.75, 3.05) is 18.6 Å². The average molecular weight is 411 g/mol. The van der Waals surface area contributed by atoms with Crippen molar-refractivity contribution < 1.29 is 19.4 Å². The lowest BCUT2D eigenvalue weighted by Crippen LogP contribution is -2.50. The Kier molecular flexibility index (Phi) is 7.11. The van der Waals surface area contributed by atoms with Crippen LogP contribution in [0.3, 0.4) is 0 Å². The van der Waals surface area contributed by atoms with E-state index in [0.717, 1.165) is 22.6 Å². The Morgan fingerprint density at radius 1 is 1.20 bits per heavy atom. The van der Waals surface area contributed by atoms with Gasteiger partial charge in [0.15, 0.2) is 0 Å². The Bertz CT molecular complexity index is 860. The second kappa shape index (κ2) is 9.76. The van der Waals surface area contributed by atoms with Crippen molar-refractivity contribution in [1.29, 1.82) is 0 Å². The molecule has 1 fully saturated rings. The molecular weight excluding hydrogens is 380 g/mol. The monoisotopic (exact) mass is 410 g/mol. The fraction of sp³-hybridized carbons (Fsp3) is 0.417. The maximum absolute atomic E-state index is 13.2. The van der Waals surface area contributed by atoms with Gasteiger partial charge in [0.05, 0.1) is 31.7 Å². The summed E-state index contributed by atoms with van der Waals surface area (Å²) in [6, 6.07) is 14.6. The standard InChI is InChI=1S/C24H30N2O4/c1-4-18(15-27)25-24(29)21-13-14-22(28)26(19-9-5-16(2)6-10-19)23(21)17-7-11-20(30-3)12-8-17/h5-12,18,21,23,27H,4,13-15H2,1-3H3,(H,25,29). The minimum atomic E-state index is -0.434. The quantitative estimate of drug-likeness (QED) is 0.734. The lowest BCUT2D eigenvalue weighted by molar-refractivity contribution is -0.130. The number of aryl methyl sites for hydroxylation is 1. The topological polar surface area (TPSA) is 78.9 Å². The van der Waals surface area contributed by atoms with Crippen LogP contribution in [0.2, 0.25) is 0 Å². The molecule has 0 aliphatic carbocycles. The minimum absolute atomic E-state index is 0.00193. The molecule has 2 amide bonds. The molecule has 0 radical (unpaired) electrons. The number of nitrogens with one attached hydrogen (secondary N) is 1. The molecule has 2 N–H and O–H groups in total. The lowest BCUT2D eigenvalue weighted by Gasteiger charge is -2.41. The molecule has 3 rings (SSSR count). The number of carbonyl (C=O) groups is 2. The first-order valence-electron chi connectivity index (χ1n) is 10.4. The molecule has 2 aromatic carbocycles. The maximum Gasteiger partial charge on any atom is 0.227 e. The van der Waals surface area contributed by atoms with E-state index in [-0.39, 0.29) is 24.5 Å². The van der Waals surface area contributed by atoms with E-state index in [0.29, 0.717) is 19.3 Å². The number of amides is 2. The summed E-state index contributed by atoms with van der Waals surface area (Å²) in [5, 5.41) is 12.5. The summed E-state index contributed by atoms with van der Waals surface area (Å²) in [5.74, 6) is 0.160. The van der Waals surface area contributed by atoms with Crippen LogP contribution in [0, 0.1) is 12.8 Å². The van der Waals surface area contributed by atoms with E-state index in [1.165, 1.54) is 0 Å². The molecule has 0 aromatic heterocycles. The number of nitrogens with zero attached hydrogens (tertiary/aromatic N) is 1. The highest BCUT2D eigenvalue weighted by atomic mass is 16.5. The molecular formula is C24H30N2O4. The Morgan fingerprint density at radius 3 is 2.43 bits per heavy atom. The fourth-order valence-electron chi connectivity index (χ4n) is 3.94. The minimum Gasteiger partial charge on any atom is -0.497 e. The van der Waals surface area contributed by atoms with Gasteiger partial charge in [-0.25, -0.2) is 0 Å². The summed E-state index contributed by atoms with van der Waals surface area (Å²) in [6.45, 7) is 3.81. The van der Waals surface area contributed by atoms with Crippen molar-refractivity contribution in [1.82, 2.24) is 5.32 Å². The van der Waals surface area contributed by atoms with E-state index in [1.807, 2.05) is 62.4 Å². The highest BCUT2D eigenvalue weighted by molar-refractivity contribution is 5.97. The molecule has 0 bridgehead atoms. The lowest BCUT2D eigenvalue weighted by atomic mass is 9.83. The Labute approximate surface area is 177 Å². The van der Waals surface area contributed by atoms with Crippen molar-refractivity contribution in [2.45, 2.75) is 45.2 Å². The van der Waals surface area contributed by atoms with Gasteiger partial charge in [0.1, 0.15) is 5.75 Å². The summed E-state index contributed by atoms with van der Waals surface area (Å²) >= 11 is 0. The van der Waals surface area contributed by atoms with E-state index in [9.17, 15) is 14.7 Å². The summed E-state index contributed by atoms with van der Waals surface area (Å²) in [5.41, 5.74) is 2.76. The molecule has 0 spiro atoms. The van der Waals surface area contributed by atoms with Gasteiger partial charge < -0.3 is 20.1 Å². The van der Waals surface area contributed by atoms with Gasteiger partial charge in [-0.3, -0.25) is 9.59 Å². The normalized spacial score (nSPS) is 20.0. The van der Waals surface area contributed by atoms with Crippen LogP contribution in [0.25, 0.3) is 0 Å². The zero-order valence-corrected chi connectivity index (χ0v) is 17.8. The number of carbonyl (C=O) groups excluding carboxylic acids is 2. The van der Waals surface area contributed by atoms with Crippen molar-refractivity contribution in [3.05, 3.63) is 59.7 Å². The Hall–Kier alpha value is -2.86. The van der Waals surface area contributed by atoms with E-state index in [2.05, 4.69) is 5.32 Å². The second-order valence-electron chi connectivity index (χ2n) is 7.76. The Balaban J connectivity index is 2.02. The Morgan fingerprint density at radius 2 is 1.87 bits per heavy atom. The molecule has 1 aliphatic heterocycles. The van der Waals surface area contributed by atoms with Crippen molar-refractivity contribution in [3.8, 4) is 5.75 Å². The highest BCUT2D eigenvalue weighted by Crippen LogP contribution is 2.40.